The number of hydrogen-bond acceptors (Lipinski definition) is 8. The van der Waals surface area contributed by atoms with Crippen LogP contribution in [0.5, 0.6) is 11.5 Å². The predicted octanol–water partition coefficient (Wildman–Crippen LogP) is 1.31. The number of benzene rings is 1. The molecule has 0 aliphatic carbocycles. The average molecular weight is 420 g/mol. The fraction of sp³-hybridized carbons (Fsp3) is 0.474. The van der Waals surface area contributed by atoms with Gasteiger partial charge in [-0.25, -0.2) is 0 Å². The predicted molar refractivity (Wildman–Crippen MR) is 111 cm³/mol. The summed E-state index contributed by atoms with van der Waals surface area (Å²) in [6.07, 6.45) is 3.68. The highest BCUT2D eigenvalue weighted by atomic mass is 32.2. The van der Waals surface area contributed by atoms with E-state index in [-0.39, 0.29) is 24.3 Å². The quantitative estimate of drug-likeness (QED) is 0.485. The third-order valence-electron chi connectivity index (χ3n) is 4.46. The van der Waals surface area contributed by atoms with Crippen molar-refractivity contribution >= 4 is 35.0 Å². The number of nitrogens with one attached hydrogen (secondary N) is 2. The minimum atomic E-state index is -0.519. The zero-order chi connectivity index (χ0) is 20.6. The molecule has 2 heterocycles. The van der Waals surface area contributed by atoms with Crippen molar-refractivity contribution in [2.24, 2.45) is 10.2 Å². The fourth-order valence-electron chi connectivity index (χ4n) is 2.94. The Morgan fingerprint density at radius 1 is 1.38 bits per heavy atom. The number of rotatable bonds is 8. The van der Waals surface area contributed by atoms with Gasteiger partial charge in [-0.3, -0.25) is 9.59 Å². The Kier molecular flexibility index (Phi) is 7.48. The van der Waals surface area contributed by atoms with E-state index < -0.39 is 5.25 Å². The number of carbonyl (C=O) groups is 2. The van der Waals surface area contributed by atoms with E-state index in [9.17, 15) is 9.59 Å². The minimum absolute atomic E-state index is 0.0760. The first-order valence-corrected chi connectivity index (χ1v) is 10.2. The summed E-state index contributed by atoms with van der Waals surface area (Å²) in [5.41, 5.74) is 0.770. The van der Waals surface area contributed by atoms with Crippen LogP contribution in [0.2, 0.25) is 0 Å². The van der Waals surface area contributed by atoms with Crippen LogP contribution in [0.25, 0.3) is 0 Å². The summed E-state index contributed by atoms with van der Waals surface area (Å²) in [5, 5.41) is 13.3. The molecule has 2 aliphatic heterocycles. The Balaban J connectivity index is 1.50. The van der Waals surface area contributed by atoms with Crippen molar-refractivity contribution in [2.75, 3.05) is 27.4 Å². The van der Waals surface area contributed by atoms with E-state index in [2.05, 4.69) is 20.8 Å². The van der Waals surface area contributed by atoms with Gasteiger partial charge in [0.05, 0.1) is 26.5 Å². The van der Waals surface area contributed by atoms with Gasteiger partial charge in [0.15, 0.2) is 16.7 Å². The summed E-state index contributed by atoms with van der Waals surface area (Å²) in [6, 6.07) is 5.35. The van der Waals surface area contributed by atoms with Crippen LogP contribution in [0.15, 0.2) is 28.4 Å². The third-order valence-corrected chi connectivity index (χ3v) is 5.53. The molecule has 29 heavy (non-hydrogen) atoms. The summed E-state index contributed by atoms with van der Waals surface area (Å²) in [6.45, 7) is 1.22. The second-order valence-corrected chi connectivity index (χ2v) is 7.69. The zero-order valence-electron chi connectivity index (χ0n) is 16.3. The molecule has 10 heteroatoms. The Morgan fingerprint density at radius 2 is 2.21 bits per heavy atom. The first-order chi connectivity index (χ1) is 14.1. The van der Waals surface area contributed by atoms with Crippen molar-refractivity contribution in [2.45, 2.75) is 30.6 Å². The van der Waals surface area contributed by atoms with Crippen molar-refractivity contribution in [3.63, 3.8) is 0 Å². The van der Waals surface area contributed by atoms with Gasteiger partial charge < -0.3 is 24.8 Å². The number of carbonyl (C=O) groups excluding carboxylic acids is 2. The highest BCUT2D eigenvalue weighted by molar-refractivity contribution is 8.15. The third kappa shape index (κ3) is 5.94. The lowest BCUT2D eigenvalue weighted by Crippen LogP contribution is -2.35. The van der Waals surface area contributed by atoms with E-state index in [0.717, 1.165) is 25.0 Å². The molecule has 156 valence electrons. The molecule has 1 aromatic rings. The maximum absolute atomic E-state index is 12.1. The number of ether oxygens (including phenoxy) is 3. The largest absolute Gasteiger partial charge is 0.493 e. The molecule has 3 rings (SSSR count). The van der Waals surface area contributed by atoms with Crippen molar-refractivity contribution in [3.8, 4) is 11.5 Å². The molecule has 0 bridgehead atoms. The van der Waals surface area contributed by atoms with Gasteiger partial charge in [0.2, 0.25) is 11.8 Å². The first-order valence-electron chi connectivity index (χ1n) is 9.28. The fourth-order valence-corrected chi connectivity index (χ4v) is 3.87. The molecule has 2 amide bonds. The van der Waals surface area contributed by atoms with Crippen LogP contribution in [0.4, 0.5) is 0 Å². The van der Waals surface area contributed by atoms with E-state index in [0.29, 0.717) is 23.2 Å². The molecule has 0 saturated carbocycles. The van der Waals surface area contributed by atoms with Crippen molar-refractivity contribution in [3.05, 3.63) is 23.8 Å². The Labute approximate surface area is 173 Å². The maximum atomic E-state index is 12.1. The van der Waals surface area contributed by atoms with Crippen LogP contribution in [0, 0.1) is 0 Å². The van der Waals surface area contributed by atoms with Gasteiger partial charge in [0.25, 0.3) is 0 Å². The lowest BCUT2D eigenvalue weighted by atomic mass is 10.2. The van der Waals surface area contributed by atoms with Gasteiger partial charge in [-0.05, 0) is 36.6 Å². The van der Waals surface area contributed by atoms with Crippen molar-refractivity contribution < 1.29 is 23.8 Å². The summed E-state index contributed by atoms with van der Waals surface area (Å²) in [5.74, 6) is 0.780. The summed E-state index contributed by atoms with van der Waals surface area (Å²) in [7, 11) is 3.12. The Morgan fingerprint density at radius 3 is 2.93 bits per heavy atom. The standard InChI is InChI=1S/C19H24N4O5S/c1-26-14-6-5-12(8-15(14)27-2)10-21-23-19-22-18(25)16(29-19)9-17(24)20-11-13-4-3-7-28-13/h5-6,8,10,13,16H,3-4,7,9,11H2,1-2H3,(H,20,24)(H,22,23,25)/b21-10-/t13-,16+/m1/s1. The number of methoxy groups -OCH3 is 2. The second-order valence-electron chi connectivity index (χ2n) is 6.50. The molecule has 1 aromatic carbocycles. The van der Waals surface area contributed by atoms with Crippen LogP contribution < -0.4 is 20.1 Å². The van der Waals surface area contributed by atoms with E-state index >= 15 is 0 Å². The van der Waals surface area contributed by atoms with Crippen LogP contribution in [-0.2, 0) is 14.3 Å². The maximum Gasteiger partial charge on any atom is 0.240 e. The van der Waals surface area contributed by atoms with Crippen LogP contribution in [-0.4, -0.2) is 61.9 Å². The average Bonchev–Trinajstić information content (AvgIpc) is 3.36. The molecular weight excluding hydrogens is 396 g/mol. The topological polar surface area (TPSA) is 111 Å². The first kappa shape index (κ1) is 21.1. The van der Waals surface area contributed by atoms with Gasteiger partial charge in [-0.2, -0.15) is 5.10 Å². The number of nitrogens with zero attached hydrogens (tertiary/aromatic N) is 2. The smallest absolute Gasteiger partial charge is 0.240 e. The molecule has 0 spiro atoms. The van der Waals surface area contributed by atoms with Crippen molar-refractivity contribution in [1.82, 2.24) is 10.6 Å². The molecule has 0 radical (unpaired) electrons. The van der Waals surface area contributed by atoms with Gasteiger partial charge in [0.1, 0.15) is 5.25 Å². The molecule has 2 N–H and O–H groups in total. The Hall–Kier alpha value is -2.59. The van der Waals surface area contributed by atoms with E-state index in [1.165, 1.54) is 11.8 Å². The highest BCUT2D eigenvalue weighted by Gasteiger charge is 2.32. The minimum Gasteiger partial charge on any atom is -0.493 e. The van der Waals surface area contributed by atoms with Gasteiger partial charge in [-0.15, -0.1) is 5.10 Å². The summed E-state index contributed by atoms with van der Waals surface area (Å²) >= 11 is 1.19. The van der Waals surface area contributed by atoms with Gasteiger partial charge in [-0.1, -0.05) is 11.8 Å². The lowest BCUT2D eigenvalue weighted by molar-refractivity contribution is -0.125. The summed E-state index contributed by atoms with van der Waals surface area (Å²) in [4.78, 5) is 24.1. The van der Waals surface area contributed by atoms with E-state index in [1.54, 1.807) is 32.6 Å². The molecule has 2 aliphatic rings. The normalized spacial score (nSPS) is 22.8. The van der Waals surface area contributed by atoms with Crippen LogP contribution >= 0.6 is 11.8 Å². The van der Waals surface area contributed by atoms with Crippen LogP contribution in [0.3, 0.4) is 0 Å². The van der Waals surface area contributed by atoms with Gasteiger partial charge >= 0.3 is 0 Å². The number of thioether (sulfide) groups is 1. The zero-order valence-corrected chi connectivity index (χ0v) is 17.2. The molecule has 2 atom stereocenters. The van der Waals surface area contributed by atoms with E-state index in [4.69, 9.17) is 14.2 Å². The molecule has 2 saturated heterocycles. The number of amidine groups is 1. The molecule has 2 fully saturated rings. The second kappa shape index (κ2) is 10.3. The molecule has 0 aromatic heterocycles. The SMILES string of the molecule is COc1ccc(/C=N\N=C2/NC(=O)[C@H](CC(=O)NC[C@H]3CCCO3)S2)cc1OC. The lowest BCUT2D eigenvalue weighted by Gasteiger charge is -2.11. The highest BCUT2D eigenvalue weighted by Crippen LogP contribution is 2.27. The van der Waals surface area contributed by atoms with Crippen molar-refractivity contribution in [1.29, 1.82) is 0 Å². The molecule has 0 unspecified atom stereocenters. The van der Waals surface area contributed by atoms with E-state index in [1.807, 2.05) is 6.07 Å². The number of amides is 2. The van der Waals surface area contributed by atoms with Gasteiger partial charge in [0, 0.05) is 19.6 Å². The van der Waals surface area contributed by atoms with Crippen LogP contribution in [0.1, 0.15) is 24.8 Å². The number of hydrogen-bond donors (Lipinski definition) is 2. The summed E-state index contributed by atoms with van der Waals surface area (Å²) < 4.78 is 15.9. The molecule has 9 nitrogen and oxygen atoms in total. The monoisotopic (exact) mass is 420 g/mol. The molecular formula is C19H24N4O5S. The Bertz CT molecular complexity index is 808.